The van der Waals surface area contributed by atoms with E-state index in [0.717, 1.165) is 21.2 Å². The van der Waals surface area contributed by atoms with Crippen molar-refractivity contribution in [3.8, 4) is 0 Å². The van der Waals surface area contributed by atoms with Gasteiger partial charge >= 0.3 is 5.95 Å². The van der Waals surface area contributed by atoms with E-state index in [2.05, 4.69) is 20.4 Å². The van der Waals surface area contributed by atoms with Gasteiger partial charge in [0.2, 0.25) is 12.2 Å². The number of hydrogen-bond acceptors (Lipinski definition) is 7. The zero-order valence-corrected chi connectivity index (χ0v) is 11.3. The Morgan fingerprint density at radius 3 is 2.95 bits per heavy atom. The maximum atomic E-state index is 11.8. The summed E-state index contributed by atoms with van der Waals surface area (Å²) in [7, 11) is 0. The molecule has 0 saturated heterocycles. The van der Waals surface area contributed by atoms with Gasteiger partial charge in [-0.2, -0.15) is 4.68 Å². The normalized spacial score (nSPS) is 10.7. The summed E-state index contributed by atoms with van der Waals surface area (Å²) >= 11 is 1.35. The monoisotopic (exact) mass is 304 g/mol. The second kappa shape index (κ2) is 5.25. The molecule has 0 unspecified atom stereocenters. The standard InChI is InChI=1S/C11H8N6O3S/c18-9(5-16-6-12-10(15-16)17(19)20)14-11-13-7-3-1-2-4-8(7)21-11/h1-4,6H,5H2,(H,13,14,18). The number of nitrogens with one attached hydrogen (secondary N) is 1. The molecule has 1 N–H and O–H groups in total. The van der Waals surface area contributed by atoms with Crippen LogP contribution in [0.4, 0.5) is 11.1 Å². The quantitative estimate of drug-likeness (QED) is 0.576. The molecule has 3 aromatic rings. The first-order valence-corrected chi connectivity index (χ1v) is 6.63. The van der Waals surface area contributed by atoms with Crippen molar-refractivity contribution in [2.45, 2.75) is 6.54 Å². The summed E-state index contributed by atoms with van der Waals surface area (Å²) in [5.74, 6) is -0.920. The van der Waals surface area contributed by atoms with Crippen molar-refractivity contribution in [2.24, 2.45) is 0 Å². The highest BCUT2D eigenvalue weighted by Crippen LogP contribution is 2.25. The number of hydrogen-bond donors (Lipinski definition) is 1. The lowest BCUT2D eigenvalue weighted by Crippen LogP contribution is -2.19. The highest BCUT2D eigenvalue weighted by Gasteiger charge is 2.16. The number of thiazole rings is 1. The average molecular weight is 304 g/mol. The summed E-state index contributed by atoms with van der Waals surface area (Å²) in [6.07, 6.45) is 1.13. The number of fused-ring (bicyclic) bond motifs is 1. The first-order chi connectivity index (χ1) is 10.1. The Balaban J connectivity index is 1.69. The number of benzene rings is 1. The summed E-state index contributed by atoms with van der Waals surface area (Å²) in [5, 5.41) is 17.1. The van der Waals surface area contributed by atoms with Crippen LogP contribution in [-0.2, 0) is 11.3 Å². The zero-order chi connectivity index (χ0) is 14.8. The lowest BCUT2D eigenvalue weighted by Gasteiger charge is -1.98. The fraction of sp³-hybridized carbons (Fsp3) is 0.0909. The minimum Gasteiger partial charge on any atom is -0.390 e. The van der Waals surface area contributed by atoms with Gasteiger partial charge in [-0.1, -0.05) is 28.5 Å². The summed E-state index contributed by atoms with van der Waals surface area (Å²) in [5.41, 5.74) is 0.800. The van der Waals surface area contributed by atoms with Crippen molar-refractivity contribution in [3.05, 3.63) is 40.7 Å². The number of nitrogens with zero attached hydrogens (tertiary/aromatic N) is 5. The summed E-state index contributed by atoms with van der Waals surface area (Å²) in [6.45, 7) is -0.170. The molecule has 2 heterocycles. The van der Waals surface area contributed by atoms with Crippen LogP contribution < -0.4 is 5.32 Å². The predicted octanol–water partition coefficient (Wildman–Crippen LogP) is 1.43. The summed E-state index contributed by atoms with van der Waals surface area (Å²) in [6, 6.07) is 7.51. The molecule has 0 aliphatic heterocycles. The summed E-state index contributed by atoms with van der Waals surface area (Å²) < 4.78 is 2.06. The van der Waals surface area contributed by atoms with Crippen molar-refractivity contribution < 1.29 is 9.72 Å². The van der Waals surface area contributed by atoms with Gasteiger partial charge in [0.15, 0.2) is 5.13 Å². The highest BCUT2D eigenvalue weighted by molar-refractivity contribution is 7.22. The van der Waals surface area contributed by atoms with Crippen molar-refractivity contribution in [3.63, 3.8) is 0 Å². The average Bonchev–Trinajstić information content (AvgIpc) is 3.04. The smallest absolute Gasteiger partial charge is 0.390 e. The molecule has 0 spiro atoms. The predicted molar refractivity (Wildman–Crippen MR) is 74.9 cm³/mol. The van der Waals surface area contributed by atoms with E-state index in [-0.39, 0.29) is 12.5 Å². The number of aromatic nitrogens is 4. The fourth-order valence-corrected chi connectivity index (χ4v) is 2.56. The molecule has 0 bridgehead atoms. The molecular weight excluding hydrogens is 296 g/mol. The molecule has 21 heavy (non-hydrogen) atoms. The molecule has 2 aromatic heterocycles. The van der Waals surface area contributed by atoms with Gasteiger partial charge < -0.3 is 15.4 Å². The first-order valence-electron chi connectivity index (χ1n) is 5.81. The van der Waals surface area contributed by atoms with Crippen LogP contribution in [-0.4, -0.2) is 30.6 Å². The number of para-hydroxylation sites is 1. The van der Waals surface area contributed by atoms with E-state index in [1.165, 1.54) is 11.3 Å². The number of nitro groups is 1. The summed E-state index contributed by atoms with van der Waals surface area (Å²) in [4.78, 5) is 29.3. The Labute approximate surface area is 121 Å². The lowest BCUT2D eigenvalue weighted by atomic mass is 10.3. The van der Waals surface area contributed by atoms with Crippen LogP contribution in [0.3, 0.4) is 0 Å². The van der Waals surface area contributed by atoms with Crippen molar-refractivity contribution in [2.75, 3.05) is 5.32 Å². The van der Waals surface area contributed by atoms with E-state index in [1.54, 1.807) is 0 Å². The Bertz CT molecular complexity index is 793. The van der Waals surface area contributed by atoms with Gasteiger partial charge in [-0.3, -0.25) is 4.79 Å². The van der Waals surface area contributed by atoms with Crippen molar-refractivity contribution >= 4 is 38.5 Å². The molecule has 1 aromatic carbocycles. The zero-order valence-electron chi connectivity index (χ0n) is 10.5. The molecule has 0 aliphatic carbocycles. The van der Waals surface area contributed by atoms with Crippen LogP contribution in [0.1, 0.15) is 0 Å². The minimum absolute atomic E-state index is 0.170. The maximum absolute atomic E-state index is 11.8. The first kappa shape index (κ1) is 13.1. The van der Waals surface area contributed by atoms with Crippen LogP contribution in [0.25, 0.3) is 10.2 Å². The molecule has 0 atom stereocenters. The number of carbonyl (C=O) groups is 1. The molecule has 106 valence electrons. The van der Waals surface area contributed by atoms with E-state index in [0.29, 0.717) is 5.13 Å². The molecule has 1 amide bonds. The van der Waals surface area contributed by atoms with E-state index in [4.69, 9.17) is 0 Å². The number of anilines is 1. The second-order valence-electron chi connectivity index (χ2n) is 4.03. The van der Waals surface area contributed by atoms with Gasteiger partial charge in [0.1, 0.15) is 6.54 Å². The van der Waals surface area contributed by atoms with Crippen molar-refractivity contribution in [1.82, 2.24) is 19.7 Å². The van der Waals surface area contributed by atoms with Crippen LogP contribution in [0.2, 0.25) is 0 Å². The molecule has 0 saturated carbocycles. The SMILES string of the molecule is O=C(Cn1cnc([N+](=O)[O-])n1)Nc1nc2ccccc2s1. The molecule has 9 nitrogen and oxygen atoms in total. The van der Waals surface area contributed by atoms with Gasteiger partial charge in [-0.05, 0) is 17.1 Å². The molecule has 0 aliphatic rings. The topological polar surface area (TPSA) is 116 Å². The van der Waals surface area contributed by atoms with E-state index in [9.17, 15) is 14.9 Å². The van der Waals surface area contributed by atoms with Crippen LogP contribution >= 0.6 is 11.3 Å². The number of carbonyl (C=O) groups excluding carboxylic acids is 1. The Morgan fingerprint density at radius 2 is 2.24 bits per heavy atom. The van der Waals surface area contributed by atoms with Crippen LogP contribution in [0.15, 0.2) is 30.6 Å². The van der Waals surface area contributed by atoms with Gasteiger partial charge in [0.05, 0.1) is 10.2 Å². The maximum Gasteiger partial charge on any atom is 0.490 e. The van der Waals surface area contributed by atoms with E-state index in [1.807, 2.05) is 24.3 Å². The molecule has 10 heteroatoms. The third kappa shape index (κ3) is 2.84. The minimum atomic E-state index is -0.720. The molecule has 0 fully saturated rings. The third-order valence-electron chi connectivity index (χ3n) is 2.53. The molecular formula is C11H8N6O3S. The van der Waals surface area contributed by atoms with Gasteiger partial charge in [0, 0.05) is 5.10 Å². The largest absolute Gasteiger partial charge is 0.490 e. The Kier molecular flexibility index (Phi) is 3.28. The fourth-order valence-electron chi connectivity index (χ4n) is 1.68. The molecule has 0 radical (unpaired) electrons. The Hall–Kier alpha value is -2.88. The van der Waals surface area contributed by atoms with Gasteiger partial charge in [-0.25, -0.2) is 4.98 Å². The van der Waals surface area contributed by atoms with E-state index < -0.39 is 10.9 Å². The Morgan fingerprint density at radius 1 is 1.43 bits per heavy atom. The number of rotatable bonds is 4. The highest BCUT2D eigenvalue weighted by atomic mass is 32.1. The lowest BCUT2D eigenvalue weighted by molar-refractivity contribution is -0.394. The molecule has 3 rings (SSSR count). The second-order valence-corrected chi connectivity index (χ2v) is 5.06. The van der Waals surface area contributed by atoms with Gasteiger partial charge in [-0.15, -0.1) is 0 Å². The number of amides is 1. The van der Waals surface area contributed by atoms with Crippen LogP contribution in [0, 0.1) is 10.1 Å². The van der Waals surface area contributed by atoms with Gasteiger partial charge in [0.25, 0.3) is 0 Å². The van der Waals surface area contributed by atoms with Crippen LogP contribution in [0.5, 0.6) is 0 Å². The van der Waals surface area contributed by atoms with E-state index >= 15 is 0 Å². The third-order valence-corrected chi connectivity index (χ3v) is 3.49. The van der Waals surface area contributed by atoms with Crippen molar-refractivity contribution in [1.29, 1.82) is 0 Å².